The van der Waals surface area contributed by atoms with E-state index in [0.29, 0.717) is 5.92 Å². The van der Waals surface area contributed by atoms with E-state index in [0.717, 1.165) is 26.1 Å². The predicted molar refractivity (Wildman–Crippen MR) is 55.1 cm³/mol. The van der Waals surface area contributed by atoms with Crippen molar-refractivity contribution < 1.29 is 0 Å². The first-order valence-electron chi connectivity index (χ1n) is 4.76. The smallest absolute Gasteiger partial charge is 0.00746 e. The zero-order valence-electron chi connectivity index (χ0n) is 8.56. The molecular formula is C10H22N2. The van der Waals surface area contributed by atoms with Gasteiger partial charge in [-0.3, -0.25) is 0 Å². The molecule has 0 heterocycles. The molecule has 3 N–H and O–H groups in total. The summed E-state index contributed by atoms with van der Waals surface area (Å²) in [5.41, 5.74) is 6.82. The number of rotatable bonds is 6. The van der Waals surface area contributed by atoms with Gasteiger partial charge in [-0.1, -0.05) is 25.5 Å². The normalized spacial score (nSPS) is 12.6. The summed E-state index contributed by atoms with van der Waals surface area (Å²) in [5.74, 6) is 0.680. The number of nitrogens with two attached hydrogens (primary N) is 1. The Hall–Kier alpha value is -0.340. The highest BCUT2D eigenvalue weighted by Gasteiger charge is 1.93. The highest BCUT2D eigenvalue weighted by molar-refractivity contribution is 5.00. The van der Waals surface area contributed by atoms with Crippen LogP contribution in [0.2, 0.25) is 0 Å². The Morgan fingerprint density at radius 2 is 2.08 bits per heavy atom. The maximum absolute atomic E-state index is 5.34. The van der Waals surface area contributed by atoms with Gasteiger partial charge in [-0.25, -0.2) is 0 Å². The molecule has 2 heteroatoms. The van der Waals surface area contributed by atoms with Gasteiger partial charge >= 0.3 is 0 Å². The molecule has 0 saturated heterocycles. The maximum Gasteiger partial charge on any atom is 0.00746 e. The molecule has 0 aliphatic rings. The molecule has 72 valence electrons. The van der Waals surface area contributed by atoms with Crippen molar-refractivity contribution in [3.05, 3.63) is 11.6 Å². The fraction of sp³-hybridized carbons (Fsp3) is 0.800. The van der Waals surface area contributed by atoms with E-state index in [4.69, 9.17) is 5.73 Å². The average Bonchev–Trinajstić information content (AvgIpc) is 2.03. The lowest BCUT2D eigenvalue weighted by molar-refractivity contribution is 0.688. The Morgan fingerprint density at radius 1 is 1.42 bits per heavy atom. The van der Waals surface area contributed by atoms with E-state index in [1.54, 1.807) is 0 Å². The molecule has 0 saturated carbocycles. The van der Waals surface area contributed by atoms with Crippen LogP contribution in [0, 0.1) is 5.92 Å². The van der Waals surface area contributed by atoms with Crippen LogP contribution < -0.4 is 11.1 Å². The Bertz CT molecular complexity index is 128. The lowest BCUT2D eigenvalue weighted by Crippen LogP contribution is -2.23. The lowest BCUT2D eigenvalue weighted by Gasteiger charge is -2.05. The standard InChI is InChI=1S/C10H22N2/c1-9(2)10(3)5-4-7-12-8-6-11/h5,9,12H,4,6-8,11H2,1-3H3/b10-5-. The van der Waals surface area contributed by atoms with Gasteiger partial charge in [-0.2, -0.15) is 0 Å². The second kappa shape index (κ2) is 7.32. The Balaban J connectivity index is 3.34. The largest absolute Gasteiger partial charge is 0.329 e. The van der Waals surface area contributed by atoms with Crippen molar-refractivity contribution >= 4 is 0 Å². The predicted octanol–water partition coefficient (Wildman–Crippen LogP) is 1.53. The number of nitrogens with one attached hydrogen (secondary N) is 1. The van der Waals surface area contributed by atoms with Crippen LogP contribution >= 0.6 is 0 Å². The van der Waals surface area contributed by atoms with E-state index in [1.165, 1.54) is 5.57 Å². The van der Waals surface area contributed by atoms with E-state index in [9.17, 15) is 0 Å². The molecule has 0 aromatic rings. The van der Waals surface area contributed by atoms with Crippen LogP contribution in [0.25, 0.3) is 0 Å². The summed E-state index contributed by atoms with van der Waals surface area (Å²) < 4.78 is 0. The van der Waals surface area contributed by atoms with Gasteiger partial charge < -0.3 is 11.1 Å². The molecule has 0 aromatic carbocycles. The Kier molecular flexibility index (Phi) is 7.11. The molecule has 0 aliphatic carbocycles. The molecule has 0 aromatic heterocycles. The highest BCUT2D eigenvalue weighted by Crippen LogP contribution is 2.07. The monoisotopic (exact) mass is 170 g/mol. The van der Waals surface area contributed by atoms with Gasteiger partial charge in [-0.05, 0) is 25.8 Å². The van der Waals surface area contributed by atoms with Gasteiger partial charge in [0.1, 0.15) is 0 Å². The summed E-state index contributed by atoms with van der Waals surface area (Å²) >= 11 is 0. The van der Waals surface area contributed by atoms with Crippen molar-refractivity contribution in [2.45, 2.75) is 27.2 Å². The van der Waals surface area contributed by atoms with Gasteiger partial charge in [0.15, 0.2) is 0 Å². The van der Waals surface area contributed by atoms with E-state index in [1.807, 2.05) is 0 Å². The average molecular weight is 170 g/mol. The molecule has 0 aliphatic heterocycles. The van der Waals surface area contributed by atoms with Crippen LogP contribution in [0.5, 0.6) is 0 Å². The third-order valence-electron chi connectivity index (χ3n) is 2.02. The zero-order chi connectivity index (χ0) is 9.40. The number of allylic oxidation sites excluding steroid dienone is 1. The molecule has 0 rings (SSSR count). The fourth-order valence-electron chi connectivity index (χ4n) is 0.865. The van der Waals surface area contributed by atoms with E-state index in [-0.39, 0.29) is 0 Å². The molecule has 0 unspecified atom stereocenters. The van der Waals surface area contributed by atoms with Crippen LogP contribution in [-0.2, 0) is 0 Å². The van der Waals surface area contributed by atoms with Crippen molar-refractivity contribution in [3.8, 4) is 0 Å². The second-order valence-electron chi connectivity index (χ2n) is 3.43. The van der Waals surface area contributed by atoms with Crippen molar-refractivity contribution in [2.75, 3.05) is 19.6 Å². The summed E-state index contributed by atoms with van der Waals surface area (Å²) in [6.45, 7) is 9.33. The quantitative estimate of drug-likeness (QED) is 0.468. The summed E-state index contributed by atoms with van der Waals surface area (Å²) in [6.07, 6.45) is 3.41. The van der Waals surface area contributed by atoms with E-state index < -0.39 is 0 Å². The van der Waals surface area contributed by atoms with Gasteiger partial charge in [0.2, 0.25) is 0 Å². The zero-order valence-corrected chi connectivity index (χ0v) is 8.56. The SMILES string of the molecule is C/C(=C/CCNCCN)C(C)C. The van der Waals surface area contributed by atoms with Crippen LogP contribution in [0.4, 0.5) is 0 Å². The minimum absolute atomic E-state index is 0.680. The second-order valence-corrected chi connectivity index (χ2v) is 3.43. The van der Waals surface area contributed by atoms with Gasteiger partial charge in [0.25, 0.3) is 0 Å². The molecule has 2 nitrogen and oxygen atoms in total. The first-order valence-corrected chi connectivity index (χ1v) is 4.76. The van der Waals surface area contributed by atoms with Crippen molar-refractivity contribution in [1.29, 1.82) is 0 Å². The van der Waals surface area contributed by atoms with Crippen LogP contribution in [0.1, 0.15) is 27.2 Å². The first-order chi connectivity index (χ1) is 5.68. The Morgan fingerprint density at radius 3 is 2.58 bits per heavy atom. The fourth-order valence-corrected chi connectivity index (χ4v) is 0.865. The third kappa shape index (κ3) is 6.38. The van der Waals surface area contributed by atoms with E-state index >= 15 is 0 Å². The molecule has 0 spiro atoms. The number of hydrogen-bond donors (Lipinski definition) is 2. The minimum atomic E-state index is 0.680. The van der Waals surface area contributed by atoms with Crippen molar-refractivity contribution in [1.82, 2.24) is 5.32 Å². The first kappa shape index (κ1) is 11.7. The van der Waals surface area contributed by atoms with Crippen molar-refractivity contribution in [2.24, 2.45) is 11.7 Å². The molecular weight excluding hydrogens is 148 g/mol. The molecule has 0 radical (unpaired) electrons. The molecule has 0 fully saturated rings. The molecule has 12 heavy (non-hydrogen) atoms. The van der Waals surface area contributed by atoms with Gasteiger partial charge in [-0.15, -0.1) is 0 Å². The molecule has 0 amide bonds. The van der Waals surface area contributed by atoms with Gasteiger partial charge in [0.05, 0.1) is 0 Å². The Labute approximate surface area is 76.2 Å². The van der Waals surface area contributed by atoms with Gasteiger partial charge in [0, 0.05) is 13.1 Å². The maximum atomic E-state index is 5.34. The summed E-state index contributed by atoms with van der Waals surface area (Å²) in [6, 6.07) is 0. The molecule has 0 bridgehead atoms. The highest BCUT2D eigenvalue weighted by atomic mass is 14.9. The van der Waals surface area contributed by atoms with E-state index in [2.05, 4.69) is 32.2 Å². The number of hydrogen-bond acceptors (Lipinski definition) is 2. The summed E-state index contributed by atoms with van der Waals surface area (Å²) in [4.78, 5) is 0. The molecule has 0 atom stereocenters. The lowest BCUT2D eigenvalue weighted by atomic mass is 10.0. The van der Waals surface area contributed by atoms with Crippen molar-refractivity contribution in [3.63, 3.8) is 0 Å². The third-order valence-corrected chi connectivity index (χ3v) is 2.02. The van der Waals surface area contributed by atoms with Crippen LogP contribution in [0.15, 0.2) is 11.6 Å². The topological polar surface area (TPSA) is 38.0 Å². The summed E-state index contributed by atoms with van der Waals surface area (Å²) in [7, 11) is 0. The summed E-state index contributed by atoms with van der Waals surface area (Å²) in [5, 5.41) is 3.26. The van der Waals surface area contributed by atoms with Crippen LogP contribution in [0.3, 0.4) is 0 Å². The minimum Gasteiger partial charge on any atom is -0.329 e. The van der Waals surface area contributed by atoms with Crippen LogP contribution in [-0.4, -0.2) is 19.6 Å².